The predicted molar refractivity (Wildman–Crippen MR) is 140 cm³/mol. The minimum atomic E-state index is -0.0627. The van der Waals surface area contributed by atoms with Gasteiger partial charge in [0.2, 0.25) is 0 Å². The van der Waals surface area contributed by atoms with Crippen molar-refractivity contribution in [2.75, 3.05) is 26.7 Å². The fraction of sp³-hybridized carbons (Fsp3) is 0.333. The number of nitrogens with zero attached hydrogens (tertiary/aromatic N) is 1. The van der Waals surface area contributed by atoms with E-state index in [1.165, 1.54) is 22.2 Å². The van der Waals surface area contributed by atoms with Crippen LogP contribution in [0.2, 0.25) is 0 Å². The van der Waals surface area contributed by atoms with Gasteiger partial charge in [-0.2, -0.15) is 0 Å². The highest BCUT2D eigenvalue weighted by Crippen LogP contribution is 2.22. The summed E-state index contributed by atoms with van der Waals surface area (Å²) in [5, 5.41) is 10.6. The fourth-order valence-electron chi connectivity index (χ4n) is 3.62. The number of hydrogen-bond donors (Lipinski definition) is 4. The molecule has 2 aromatic carbocycles. The normalized spacial score (nSPS) is 11.1. The van der Waals surface area contributed by atoms with Crippen LogP contribution in [0.3, 0.4) is 0 Å². The Bertz CT molecular complexity index is 1030. The molecule has 0 radical (unpaired) electrons. The zero-order valence-corrected chi connectivity index (χ0v) is 20.7. The van der Waals surface area contributed by atoms with Crippen LogP contribution in [0.15, 0.2) is 53.5 Å². The maximum atomic E-state index is 11.8. The van der Waals surface area contributed by atoms with Crippen LogP contribution in [0.1, 0.15) is 34.1 Å². The number of para-hydroxylation sites is 1. The van der Waals surface area contributed by atoms with Crippen LogP contribution in [0.5, 0.6) is 0 Å². The number of H-pyrrole nitrogens is 1. The molecule has 4 N–H and O–H groups in total. The first-order chi connectivity index (χ1) is 14.6. The van der Waals surface area contributed by atoms with Crippen molar-refractivity contribution in [2.24, 2.45) is 4.99 Å². The second-order valence-corrected chi connectivity index (χ2v) is 7.24. The number of aromatic amines is 1. The number of aryl methyl sites for hydroxylation is 1. The molecular formula is C24H32IN5O. The molecule has 1 amide bonds. The Morgan fingerprint density at radius 1 is 1.06 bits per heavy atom. The van der Waals surface area contributed by atoms with E-state index in [2.05, 4.69) is 59.0 Å². The molecule has 0 bridgehead atoms. The quantitative estimate of drug-likeness (QED) is 0.202. The molecule has 7 heteroatoms. The highest BCUT2D eigenvalue weighted by atomic mass is 127. The van der Waals surface area contributed by atoms with Crippen molar-refractivity contribution in [3.05, 3.63) is 70.9 Å². The third-order valence-electron chi connectivity index (χ3n) is 5.13. The van der Waals surface area contributed by atoms with E-state index in [1.807, 2.05) is 24.3 Å². The van der Waals surface area contributed by atoms with E-state index in [0.717, 1.165) is 37.5 Å². The number of aromatic nitrogens is 1. The monoisotopic (exact) mass is 533 g/mol. The number of hydrogen-bond acceptors (Lipinski definition) is 2. The molecule has 0 atom stereocenters. The van der Waals surface area contributed by atoms with E-state index in [4.69, 9.17) is 4.99 Å². The van der Waals surface area contributed by atoms with Crippen molar-refractivity contribution in [1.82, 2.24) is 20.9 Å². The van der Waals surface area contributed by atoms with E-state index < -0.39 is 0 Å². The van der Waals surface area contributed by atoms with Crippen molar-refractivity contribution in [1.29, 1.82) is 0 Å². The summed E-state index contributed by atoms with van der Waals surface area (Å²) < 4.78 is 0. The average Bonchev–Trinajstić information content (AvgIpc) is 3.08. The lowest BCUT2D eigenvalue weighted by Crippen LogP contribution is -2.38. The number of fused-ring (bicyclic) bond motifs is 1. The van der Waals surface area contributed by atoms with Crippen molar-refractivity contribution in [3.63, 3.8) is 0 Å². The van der Waals surface area contributed by atoms with Crippen molar-refractivity contribution in [3.8, 4) is 0 Å². The predicted octanol–water partition coefficient (Wildman–Crippen LogP) is 3.79. The van der Waals surface area contributed by atoms with Gasteiger partial charge >= 0.3 is 0 Å². The Hall–Kier alpha value is -2.55. The number of guanidine groups is 1. The average molecular weight is 533 g/mol. The zero-order valence-electron chi connectivity index (χ0n) is 18.4. The topological polar surface area (TPSA) is 81.3 Å². The van der Waals surface area contributed by atoms with Gasteiger partial charge in [-0.25, -0.2) is 0 Å². The number of carbonyl (C=O) groups excluding carboxylic acids is 1. The van der Waals surface area contributed by atoms with Gasteiger partial charge in [0.05, 0.1) is 0 Å². The van der Waals surface area contributed by atoms with Crippen LogP contribution in [-0.4, -0.2) is 43.5 Å². The van der Waals surface area contributed by atoms with E-state index >= 15 is 0 Å². The summed E-state index contributed by atoms with van der Waals surface area (Å²) in [5.41, 5.74) is 5.52. The molecule has 0 saturated heterocycles. The minimum Gasteiger partial charge on any atom is -0.358 e. The number of benzene rings is 2. The van der Waals surface area contributed by atoms with Gasteiger partial charge in [0, 0.05) is 48.8 Å². The smallest absolute Gasteiger partial charge is 0.251 e. The number of nitrogens with one attached hydrogen (secondary N) is 4. The van der Waals surface area contributed by atoms with Gasteiger partial charge < -0.3 is 20.9 Å². The molecule has 6 nitrogen and oxygen atoms in total. The Labute approximate surface area is 201 Å². The summed E-state index contributed by atoms with van der Waals surface area (Å²) in [5.74, 6) is 0.754. The van der Waals surface area contributed by atoms with Crippen LogP contribution in [0, 0.1) is 6.92 Å². The Morgan fingerprint density at radius 3 is 2.65 bits per heavy atom. The van der Waals surface area contributed by atoms with E-state index in [0.29, 0.717) is 12.1 Å². The molecule has 0 saturated carbocycles. The van der Waals surface area contributed by atoms with Gasteiger partial charge in [0.1, 0.15) is 0 Å². The second-order valence-electron chi connectivity index (χ2n) is 7.24. The molecular weight excluding hydrogens is 501 g/mol. The van der Waals surface area contributed by atoms with E-state index in [-0.39, 0.29) is 29.9 Å². The second kappa shape index (κ2) is 12.3. The molecule has 0 unspecified atom stereocenters. The van der Waals surface area contributed by atoms with E-state index in [9.17, 15) is 4.79 Å². The molecule has 1 aromatic heterocycles. The molecule has 1 heterocycles. The number of amides is 1. The summed E-state index contributed by atoms with van der Waals surface area (Å²) in [6, 6.07) is 16.1. The molecule has 3 rings (SSSR count). The first kappa shape index (κ1) is 24.7. The number of rotatable bonds is 8. The largest absolute Gasteiger partial charge is 0.358 e. The van der Waals surface area contributed by atoms with Crippen LogP contribution in [0.25, 0.3) is 10.9 Å². The molecule has 0 aliphatic heterocycles. The van der Waals surface area contributed by atoms with Gasteiger partial charge in [0.25, 0.3) is 5.91 Å². The maximum absolute atomic E-state index is 11.8. The van der Waals surface area contributed by atoms with Gasteiger partial charge in [-0.15, -0.1) is 24.0 Å². The first-order valence-electron chi connectivity index (χ1n) is 10.5. The first-order valence-corrected chi connectivity index (χ1v) is 10.5. The molecule has 0 aliphatic carbocycles. The molecule has 0 spiro atoms. The summed E-state index contributed by atoms with van der Waals surface area (Å²) in [4.78, 5) is 20.0. The van der Waals surface area contributed by atoms with Crippen LogP contribution >= 0.6 is 24.0 Å². The minimum absolute atomic E-state index is 0. The SMILES string of the molecule is CCNC(=NCCc1c(C)[nH]c2ccccc12)NCCc1cccc(C(=O)NC)c1.I. The molecule has 0 aliphatic rings. The highest BCUT2D eigenvalue weighted by Gasteiger charge is 2.08. The van der Waals surface area contributed by atoms with Gasteiger partial charge in [-0.05, 0) is 56.0 Å². The van der Waals surface area contributed by atoms with Crippen LogP contribution in [0.4, 0.5) is 0 Å². The Morgan fingerprint density at radius 2 is 1.87 bits per heavy atom. The standard InChI is InChI=1S/C24H31N5O.HI/c1-4-26-24(27-14-12-18-8-7-9-19(16-18)23(30)25-3)28-15-13-20-17(2)29-22-11-6-5-10-21(20)22;/h5-11,16,29H,4,12-15H2,1-3H3,(H,25,30)(H2,26,27,28);1H. The lowest BCUT2D eigenvalue weighted by molar-refractivity contribution is 0.0963. The molecule has 0 fully saturated rings. The summed E-state index contributed by atoms with van der Waals surface area (Å²) >= 11 is 0. The highest BCUT2D eigenvalue weighted by molar-refractivity contribution is 14.0. The third kappa shape index (κ3) is 6.72. The summed E-state index contributed by atoms with van der Waals surface area (Å²) in [6.45, 7) is 6.45. The Balaban J connectivity index is 0.00000341. The van der Waals surface area contributed by atoms with E-state index in [1.54, 1.807) is 7.05 Å². The maximum Gasteiger partial charge on any atom is 0.251 e. The van der Waals surface area contributed by atoms with Crippen molar-refractivity contribution < 1.29 is 4.79 Å². The molecule has 31 heavy (non-hydrogen) atoms. The lowest BCUT2D eigenvalue weighted by Gasteiger charge is -2.12. The van der Waals surface area contributed by atoms with Gasteiger partial charge in [-0.1, -0.05) is 30.3 Å². The summed E-state index contributed by atoms with van der Waals surface area (Å²) in [6.07, 6.45) is 1.71. The van der Waals surface area contributed by atoms with Crippen LogP contribution < -0.4 is 16.0 Å². The van der Waals surface area contributed by atoms with Crippen LogP contribution in [-0.2, 0) is 12.8 Å². The van der Waals surface area contributed by atoms with Gasteiger partial charge in [-0.3, -0.25) is 9.79 Å². The number of carbonyl (C=O) groups is 1. The molecule has 3 aromatic rings. The third-order valence-corrected chi connectivity index (χ3v) is 5.13. The number of halogens is 1. The number of aliphatic imine (C=N–C) groups is 1. The zero-order chi connectivity index (χ0) is 21.3. The van der Waals surface area contributed by atoms with Gasteiger partial charge in [0.15, 0.2) is 5.96 Å². The van der Waals surface area contributed by atoms with Crippen molar-refractivity contribution in [2.45, 2.75) is 26.7 Å². The molecule has 166 valence electrons. The lowest BCUT2D eigenvalue weighted by atomic mass is 10.1. The van der Waals surface area contributed by atoms with Crippen molar-refractivity contribution >= 4 is 46.7 Å². The fourth-order valence-corrected chi connectivity index (χ4v) is 3.62. The Kier molecular flexibility index (Phi) is 9.84. The summed E-state index contributed by atoms with van der Waals surface area (Å²) in [7, 11) is 1.65.